The molecule has 8 heteroatoms. The third-order valence-electron chi connectivity index (χ3n) is 3.18. The molecule has 2 rings (SSSR count). The molecule has 2 aromatic rings. The minimum atomic E-state index is -0.677. The molecule has 0 saturated heterocycles. The normalized spacial score (nSPS) is 10.8. The first-order chi connectivity index (χ1) is 13.3. The Labute approximate surface area is 170 Å². The van der Waals surface area contributed by atoms with Gasteiger partial charge in [-0.25, -0.2) is 9.59 Å². The van der Waals surface area contributed by atoms with Gasteiger partial charge in [-0.15, -0.1) is 0 Å². The van der Waals surface area contributed by atoms with Crippen LogP contribution in [0.25, 0.3) is 0 Å². The van der Waals surface area contributed by atoms with Crippen molar-refractivity contribution in [3.05, 3.63) is 84.0 Å². The second-order valence-electron chi connectivity index (χ2n) is 5.16. The first kappa shape index (κ1) is 21.1. The SMILES string of the molecule is O=C(/C=C/C=C/C(=O)Oc1ccc(C(=O)Cl)cc1)Oc1ccc(C(=O)Cl)cc1. The molecular weight excluding hydrogens is 407 g/mol. The van der Waals surface area contributed by atoms with Crippen LogP contribution in [0.4, 0.5) is 0 Å². The topological polar surface area (TPSA) is 86.7 Å². The van der Waals surface area contributed by atoms with Gasteiger partial charge >= 0.3 is 11.9 Å². The van der Waals surface area contributed by atoms with E-state index in [9.17, 15) is 19.2 Å². The molecule has 0 aromatic heterocycles. The Hall–Kier alpha value is -3.22. The molecule has 0 saturated carbocycles. The van der Waals surface area contributed by atoms with Crippen LogP contribution in [0.15, 0.2) is 72.8 Å². The monoisotopic (exact) mass is 418 g/mol. The van der Waals surface area contributed by atoms with E-state index in [0.717, 1.165) is 12.2 Å². The highest BCUT2D eigenvalue weighted by atomic mass is 35.5. The minimum Gasteiger partial charge on any atom is -0.423 e. The summed E-state index contributed by atoms with van der Waals surface area (Å²) in [7, 11) is 0. The molecule has 0 fully saturated rings. The quantitative estimate of drug-likeness (QED) is 0.221. The van der Waals surface area contributed by atoms with Gasteiger partial charge in [0, 0.05) is 23.3 Å². The van der Waals surface area contributed by atoms with Crippen molar-refractivity contribution >= 4 is 45.6 Å². The van der Waals surface area contributed by atoms with E-state index in [1.807, 2.05) is 0 Å². The lowest BCUT2D eigenvalue weighted by atomic mass is 10.2. The Morgan fingerprint density at radius 1 is 0.607 bits per heavy atom. The fourth-order valence-corrected chi connectivity index (χ4v) is 2.13. The van der Waals surface area contributed by atoms with Gasteiger partial charge in [-0.2, -0.15) is 0 Å². The number of hydrogen-bond acceptors (Lipinski definition) is 6. The van der Waals surface area contributed by atoms with Crippen LogP contribution in [0.5, 0.6) is 11.5 Å². The molecule has 0 atom stereocenters. The molecule has 28 heavy (non-hydrogen) atoms. The van der Waals surface area contributed by atoms with Crippen LogP contribution in [0.3, 0.4) is 0 Å². The van der Waals surface area contributed by atoms with Gasteiger partial charge in [0.1, 0.15) is 11.5 Å². The maximum atomic E-state index is 11.7. The summed E-state index contributed by atoms with van der Waals surface area (Å²) in [5, 5.41) is -1.23. The van der Waals surface area contributed by atoms with E-state index in [4.69, 9.17) is 32.7 Å². The Kier molecular flexibility index (Phi) is 7.68. The lowest BCUT2D eigenvalue weighted by molar-refractivity contribution is -0.130. The average molecular weight is 419 g/mol. The molecule has 0 aliphatic carbocycles. The first-order valence-electron chi connectivity index (χ1n) is 7.73. The molecule has 6 nitrogen and oxygen atoms in total. The van der Waals surface area contributed by atoms with Crippen molar-refractivity contribution in [2.75, 3.05) is 0 Å². The Bertz CT molecular complexity index is 864. The van der Waals surface area contributed by atoms with E-state index in [0.29, 0.717) is 0 Å². The van der Waals surface area contributed by atoms with Crippen molar-refractivity contribution < 1.29 is 28.7 Å². The molecule has 0 spiro atoms. The number of hydrogen-bond donors (Lipinski definition) is 0. The molecular formula is C20H12Cl2O6. The zero-order valence-electron chi connectivity index (χ0n) is 14.1. The Balaban J connectivity index is 1.82. The summed E-state index contributed by atoms with van der Waals surface area (Å²) in [6.45, 7) is 0. The number of esters is 2. The van der Waals surface area contributed by atoms with Gasteiger partial charge in [-0.1, -0.05) is 12.2 Å². The maximum Gasteiger partial charge on any atom is 0.336 e. The van der Waals surface area contributed by atoms with E-state index in [2.05, 4.69) is 0 Å². The third kappa shape index (κ3) is 6.83. The number of carbonyl (C=O) groups is 4. The second kappa shape index (κ2) is 10.2. The van der Waals surface area contributed by atoms with Crippen molar-refractivity contribution in [2.24, 2.45) is 0 Å². The number of halogens is 2. The van der Waals surface area contributed by atoms with Crippen LogP contribution in [-0.4, -0.2) is 22.4 Å². The van der Waals surface area contributed by atoms with Crippen molar-refractivity contribution in [3.63, 3.8) is 0 Å². The fraction of sp³-hybridized carbons (Fsp3) is 0. The minimum absolute atomic E-state index is 0.235. The van der Waals surface area contributed by atoms with E-state index in [1.54, 1.807) is 0 Å². The molecule has 0 bridgehead atoms. The standard InChI is InChI=1S/C20H12Cl2O6/c21-19(25)13-5-9-15(10-6-13)27-17(23)3-1-2-4-18(24)28-16-11-7-14(8-12-16)20(22)26/h1-12H/b3-1+,4-2+. The predicted octanol–water partition coefficient (Wildman–Crippen LogP) is 4.07. The van der Waals surface area contributed by atoms with E-state index in [-0.39, 0.29) is 22.6 Å². The van der Waals surface area contributed by atoms with Gasteiger partial charge in [-0.3, -0.25) is 9.59 Å². The van der Waals surface area contributed by atoms with Crippen LogP contribution in [0.2, 0.25) is 0 Å². The number of benzene rings is 2. The van der Waals surface area contributed by atoms with E-state index < -0.39 is 22.4 Å². The number of ether oxygens (including phenoxy) is 2. The first-order valence-corrected chi connectivity index (χ1v) is 8.49. The van der Waals surface area contributed by atoms with Crippen molar-refractivity contribution in [3.8, 4) is 11.5 Å². The molecule has 0 aliphatic heterocycles. The number of allylic oxidation sites excluding steroid dienone is 2. The van der Waals surface area contributed by atoms with Gasteiger partial charge < -0.3 is 9.47 Å². The van der Waals surface area contributed by atoms with Crippen molar-refractivity contribution in [1.29, 1.82) is 0 Å². The predicted molar refractivity (Wildman–Crippen MR) is 103 cm³/mol. The summed E-state index contributed by atoms with van der Waals surface area (Å²) < 4.78 is 10.0. The van der Waals surface area contributed by atoms with Gasteiger partial charge in [0.25, 0.3) is 10.5 Å². The number of carbonyl (C=O) groups excluding carboxylic acids is 4. The lowest BCUT2D eigenvalue weighted by Crippen LogP contribution is -2.04. The molecule has 0 aliphatic rings. The summed E-state index contributed by atoms with van der Waals surface area (Å²) in [6, 6.07) is 11.4. The van der Waals surface area contributed by atoms with Gasteiger partial charge in [0.05, 0.1) is 0 Å². The van der Waals surface area contributed by atoms with Crippen LogP contribution < -0.4 is 9.47 Å². The van der Waals surface area contributed by atoms with Crippen LogP contribution in [0.1, 0.15) is 20.7 Å². The molecule has 0 amide bonds. The molecule has 0 heterocycles. The van der Waals surface area contributed by atoms with E-state index in [1.165, 1.54) is 60.7 Å². The van der Waals surface area contributed by atoms with Gasteiger partial charge in [-0.05, 0) is 71.7 Å². The Morgan fingerprint density at radius 3 is 1.21 bits per heavy atom. The molecule has 0 radical (unpaired) electrons. The average Bonchev–Trinajstić information content (AvgIpc) is 2.66. The zero-order chi connectivity index (χ0) is 20.5. The van der Waals surface area contributed by atoms with Crippen molar-refractivity contribution in [2.45, 2.75) is 0 Å². The summed E-state index contributed by atoms with van der Waals surface area (Å²) >= 11 is 10.6. The Morgan fingerprint density at radius 2 is 0.929 bits per heavy atom. The molecule has 2 aromatic carbocycles. The van der Waals surface area contributed by atoms with Gasteiger partial charge in [0.2, 0.25) is 0 Å². The highest BCUT2D eigenvalue weighted by Crippen LogP contribution is 2.15. The molecule has 0 unspecified atom stereocenters. The number of rotatable bonds is 7. The van der Waals surface area contributed by atoms with E-state index >= 15 is 0 Å². The summed E-state index contributed by atoms with van der Waals surface area (Å²) in [5.74, 6) is -0.884. The smallest absolute Gasteiger partial charge is 0.336 e. The second-order valence-corrected chi connectivity index (χ2v) is 5.84. The molecule has 0 N–H and O–H groups in total. The van der Waals surface area contributed by atoms with Crippen LogP contribution in [0, 0.1) is 0 Å². The van der Waals surface area contributed by atoms with Gasteiger partial charge in [0.15, 0.2) is 0 Å². The lowest BCUT2D eigenvalue weighted by Gasteiger charge is -2.01. The van der Waals surface area contributed by atoms with Crippen LogP contribution >= 0.6 is 23.2 Å². The van der Waals surface area contributed by atoms with Crippen molar-refractivity contribution in [1.82, 2.24) is 0 Å². The summed E-state index contributed by atoms with van der Waals surface area (Å²) in [5.41, 5.74) is 0.560. The summed E-state index contributed by atoms with van der Waals surface area (Å²) in [4.78, 5) is 45.2. The fourth-order valence-electron chi connectivity index (χ4n) is 1.88. The largest absolute Gasteiger partial charge is 0.423 e. The zero-order valence-corrected chi connectivity index (χ0v) is 15.6. The maximum absolute atomic E-state index is 11.7. The van der Waals surface area contributed by atoms with Crippen LogP contribution in [-0.2, 0) is 9.59 Å². The third-order valence-corrected chi connectivity index (χ3v) is 3.61. The molecule has 142 valence electrons. The highest BCUT2D eigenvalue weighted by Gasteiger charge is 2.05. The summed E-state index contributed by atoms with van der Waals surface area (Å²) in [6.07, 6.45) is 4.81. The highest BCUT2D eigenvalue weighted by molar-refractivity contribution is 6.68.